The monoisotopic (exact) mass is 854 g/mol. The molecule has 0 atom stereocenters. The van der Waals surface area contributed by atoms with Crippen molar-refractivity contribution in [3.05, 3.63) is 230 Å². The van der Waals surface area contributed by atoms with Gasteiger partial charge in [-0.15, -0.1) is 0 Å². The summed E-state index contributed by atoms with van der Waals surface area (Å²) in [6.45, 7) is 6.22. The average Bonchev–Trinajstić information content (AvgIpc) is 3.91. The third kappa shape index (κ3) is 6.00. The molecule has 13 rings (SSSR count). The summed E-state index contributed by atoms with van der Waals surface area (Å²) in [4.78, 5) is 10.6. The van der Waals surface area contributed by atoms with E-state index < -0.39 is 0 Å². The summed E-state index contributed by atoms with van der Waals surface area (Å²) >= 11 is 0. The van der Waals surface area contributed by atoms with Crippen LogP contribution >= 0.6 is 0 Å². The van der Waals surface area contributed by atoms with E-state index in [1.165, 1.54) is 70.6 Å². The number of fused-ring (bicyclic) bond motifs is 11. The minimum absolute atomic E-state index is 0.617. The second-order valence-corrected chi connectivity index (χ2v) is 17.3. The standard InChI is InChI=1S/C63H42N4/c1-3-19-55-46(4-2)62(40-20-7-5-8-21-40)65-63(64-55)67-57-31-18-16-29-52(57)61-50-27-14-12-25-48(50)54(39-59(61)67)44-35-33-41-36-43(34-32-42(41)37-44)53-38-58-60(49-26-13-11-24-47(49)53)51-28-15-17-30-56(51)66(58)45-22-9-6-10-23-45/h3-39H,2H2,1H3/b19-3-. The Bertz CT molecular complexity index is 4170. The van der Waals surface area contributed by atoms with Crippen molar-refractivity contribution in [1.29, 1.82) is 0 Å². The Morgan fingerprint density at radius 1 is 0.418 bits per heavy atom. The van der Waals surface area contributed by atoms with E-state index in [1.54, 1.807) is 0 Å². The summed E-state index contributed by atoms with van der Waals surface area (Å²) in [7, 11) is 0. The number of rotatable bonds is 7. The van der Waals surface area contributed by atoms with Crippen molar-refractivity contribution < 1.29 is 0 Å². The number of nitrogens with zero attached hydrogens (tertiary/aromatic N) is 4. The van der Waals surface area contributed by atoms with Crippen molar-refractivity contribution >= 4 is 88.1 Å². The number of para-hydroxylation sites is 3. The van der Waals surface area contributed by atoms with Crippen LogP contribution in [0.25, 0.3) is 133 Å². The predicted molar refractivity (Wildman–Crippen MR) is 284 cm³/mol. The molecule has 4 nitrogen and oxygen atoms in total. The summed E-state index contributed by atoms with van der Waals surface area (Å²) in [5, 5.41) is 12.1. The Hall–Kier alpha value is -8.86. The molecular weight excluding hydrogens is 813 g/mol. The van der Waals surface area contributed by atoms with Crippen LogP contribution in [0.5, 0.6) is 0 Å². The van der Waals surface area contributed by atoms with E-state index in [0.717, 1.165) is 55.7 Å². The Kier molecular flexibility index (Phi) is 8.87. The van der Waals surface area contributed by atoms with E-state index in [2.05, 4.69) is 222 Å². The summed E-state index contributed by atoms with van der Waals surface area (Å²) < 4.78 is 4.67. The van der Waals surface area contributed by atoms with Crippen molar-refractivity contribution in [2.45, 2.75) is 6.92 Å². The highest BCUT2D eigenvalue weighted by molar-refractivity contribution is 6.26. The zero-order valence-electron chi connectivity index (χ0n) is 36.9. The molecule has 10 aromatic carbocycles. The van der Waals surface area contributed by atoms with Gasteiger partial charge in [0.1, 0.15) is 0 Å². The lowest BCUT2D eigenvalue weighted by Crippen LogP contribution is -2.06. The van der Waals surface area contributed by atoms with Gasteiger partial charge in [-0.25, -0.2) is 9.97 Å². The molecule has 0 saturated heterocycles. The number of hydrogen-bond donors (Lipinski definition) is 0. The van der Waals surface area contributed by atoms with E-state index in [-0.39, 0.29) is 0 Å². The highest BCUT2D eigenvalue weighted by Gasteiger charge is 2.22. The van der Waals surface area contributed by atoms with Gasteiger partial charge in [0.05, 0.1) is 33.5 Å². The number of hydrogen-bond acceptors (Lipinski definition) is 2. The first-order chi connectivity index (χ1) is 33.2. The predicted octanol–water partition coefficient (Wildman–Crippen LogP) is 16.8. The van der Waals surface area contributed by atoms with Crippen LogP contribution in [0.15, 0.2) is 219 Å². The van der Waals surface area contributed by atoms with Gasteiger partial charge in [-0.1, -0.05) is 176 Å². The quantitative estimate of drug-likeness (QED) is 0.160. The normalized spacial score (nSPS) is 12.0. The van der Waals surface area contributed by atoms with Gasteiger partial charge in [-0.3, -0.25) is 4.57 Å². The first-order valence-electron chi connectivity index (χ1n) is 22.9. The van der Waals surface area contributed by atoms with E-state index in [0.29, 0.717) is 5.95 Å². The molecular formula is C63H42N4. The maximum absolute atomic E-state index is 5.37. The van der Waals surface area contributed by atoms with Crippen molar-refractivity contribution in [2.75, 3.05) is 0 Å². The molecule has 0 bridgehead atoms. The molecule has 0 aliphatic heterocycles. The van der Waals surface area contributed by atoms with Crippen molar-refractivity contribution in [2.24, 2.45) is 0 Å². The molecule has 13 aromatic rings. The molecule has 0 unspecified atom stereocenters. The van der Waals surface area contributed by atoms with Crippen LogP contribution in [0.3, 0.4) is 0 Å². The molecule has 67 heavy (non-hydrogen) atoms. The van der Waals surface area contributed by atoms with Gasteiger partial charge in [0, 0.05) is 38.4 Å². The molecule has 0 spiro atoms. The number of allylic oxidation sites excluding steroid dienone is 1. The van der Waals surface area contributed by atoms with Crippen molar-refractivity contribution in [3.8, 4) is 45.1 Å². The minimum Gasteiger partial charge on any atom is -0.309 e. The molecule has 3 heterocycles. The van der Waals surface area contributed by atoms with E-state index in [4.69, 9.17) is 9.97 Å². The van der Waals surface area contributed by atoms with E-state index >= 15 is 0 Å². The average molecular weight is 855 g/mol. The molecule has 0 N–H and O–H groups in total. The second-order valence-electron chi connectivity index (χ2n) is 17.3. The summed E-state index contributed by atoms with van der Waals surface area (Å²) in [5.74, 6) is 0.617. The zero-order chi connectivity index (χ0) is 44.6. The van der Waals surface area contributed by atoms with Crippen molar-refractivity contribution in [3.63, 3.8) is 0 Å². The van der Waals surface area contributed by atoms with Crippen LogP contribution in [-0.2, 0) is 0 Å². The Balaban J connectivity index is 1.01. The van der Waals surface area contributed by atoms with Crippen molar-refractivity contribution in [1.82, 2.24) is 19.1 Å². The van der Waals surface area contributed by atoms with Gasteiger partial charge in [-0.05, 0) is 116 Å². The fraction of sp³-hybridized carbons (Fsp3) is 0.0159. The third-order valence-electron chi connectivity index (χ3n) is 13.6. The van der Waals surface area contributed by atoms with Crippen LogP contribution in [0.4, 0.5) is 0 Å². The molecule has 4 heteroatoms. The van der Waals surface area contributed by atoms with Crippen LogP contribution < -0.4 is 0 Å². The van der Waals surface area contributed by atoms with Gasteiger partial charge in [0.15, 0.2) is 0 Å². The summed E-state index contributed by atoms with van der Waals surface area (Å²) in [5.41, 5.74) is 14.0. The topological polar surface area (TPSA) is 35.6 Å². The van der Waals surface area contributed by atoms with Gasteiger partial charge in [0.2, 0.25) is 5.95 Å². The molecule has 314 valence electrons. The highest BCUT2D eigenvalue weighted by Crippen LogP contribution is 2.44. The lowest BCUT2D eigenvalue weighted by Gasteiger charge is -2.15. The maximum atomic E-state index is 5.37. The first-order valence-corrected chi connectivity index (χ1v) is 22.9. The molecule has 0 amide bonds. The maximum Gasteiger partial charge on any atom is 0.235 e. The SMILES string of the molecule is C=Cc1c(/C=C\C)nc(-n2c3ccccc3c3c4ccccc4c(-c4ccc5cc(-c6cc7c(c8ccccc68)c6ccccc6n7-c6ccccc6)ccc5c4)cc32)nc1-c1ccccc1. The van der Waals surface area contributed by atoms with Crippen LogP contribution in [0.2, 0.25) is 0 Å². The van der Waals surface area contributed by atoms with Gasteiger partial charge in [-0.2, -0.15) is 0 Å². The fourth-order valence-corrected chi connectivity index (χ4v) is 10.7. The summed E-state index contributed by atoms with van der Waals surface area (Å²) in [6.07, 6.45) is 5.95. The number of aromatic nitrogens is 4. The third-order valence-corrected chi connectivity index (χ3v) is 13.6. The lowest BCUT2D eigenvalue weighted by atomic mass is 9.91. The van der Waals surface area contributed by atoms with Gasteiger partial charge < -0.3 is 4.57 Å². The van der Waals surface area contributed by atoms with E-state index in [9.17, 15) is 0 Å². The molecule has 0 fully saturated rings. The Morgan fingerprint density at radius 2 is 0.896 bits per heavy atom. The molecule has 0 radical (unpaired) electrons. The minimum atomic E-state index is 0.617. The fourth-order valence-electron chi connectivity index (χ4n) is 10.7. The molecule has 0 aliphatic carbocycles. The van der Waals surface area contributed by atoms with Gasteiger partial charge in [0.25, 0.3) is 0 Å². The van der Waals surface area contributed by atoms with Crippen LogP contribution in [-0.4, -0.2) is 19.1 Å². The highest BCUT2D eigenvalue weighted by atomic mass is 15.2. The molecule has 3 aromatic heterocycles. The Morgan fingerprint density at radius 3 is 1.45 bits per heavy atom. The molecule has 0 saturated carbocycles. The van der Waals surface area contributed by atoms with E-state index in [1.807, 2.05) is 25.1 Å². The molecule has 0 aliphatic rings. The Labute approximate surface area is 387 Å². The largest absolute Gasteiger partial charge is 0.309 e. The lowest BCUT2D eigenvalue weighted by molar-refractivity contribution is 0.983. The smallest absolute Gasteiger partial charge is 0.235 e. The second kappa shape index (κ2) is 15.4. The summed E-state index contributed by atoms with van der Waals surface area (Å²) in [6, 6.07) is 74.8. The first kappa shape index (κ1) is 38.6. The number of benzene rings is 10. The zero-order valence-corrected chi connectivity index (χ0v) is 36.9. The van der Waals surface area contributed by atoms with Gasteiger partial charge >= 0.3 is 0 Å². The van der Waals surface area contributed by atoms with Crippen LogP contribution in [0.1, 0.15) is 18.2 Å². The van der Waals surface area contributed by atoms with Crippen LogP contribution in [0, 0.1) is 0 Å².